The Kier molecular flexibility index (Phi) is 8.21. The molecule has 0 saturated heterocycles. The fourth-order valence-corrected chi connectivity index (χ4v) is 3.70. The Morgan fingerprint density at radius 3 is 2.30 bits per heavy atom. The van der Waals surface area contributed by atoms with Crippen LogP contribution in [0.3, 0.4) is 0 Å². The highest BCUT2D eigenvalue weighted by Gasteiger charge is 2.47. The highest BCUT2D eigenvalue weighted by molar-refractivity contribution is 6.31. The predicted octanol–water partition coefficient (Wildman–Crippen LogP) is 6.40. The van der Waals surface area contributed by atoms with Crippen LogP contribution in [0.1, 0.15) is 31.2 Å². The molecule has 0 bridgehead atoms. The number of rotatable bonds is 7. The van der Waals surface area contributed by atoms with Crippen LogP contribution in [0, 0.1) is 23.6 Å². The summed E-state index contributed by atoms with van der Waals surface area (Å²) >= 11 is 5.77. The lowest BCUT2D eigenvalue weighted by Gasteiger charge is -2.31. The summed E-state index contributed by atoms with van der Waals surface area (Å²) in [5.74, 6) is -11.6. The molecule has 0 saturated carbocycles. The number of hydrogen-bond donors (Lipinski definition) is 2. The molecule has 1 aromatic rings. The highest BCUT2D eigenvalue weighted by atomic mass is 35.5. The molecule has 0 aromatic heterocycles. The average Bonchev–Trinajstić information content (AvgIpc) is 2.68. The van der Waals surface area contributed by atoms with Crippen LogP contribution >= 0.6 is 11.6 Å². The molecular formula is C21H19ClF7NO3. The summed E-state index contributed by atoms with van der Waals surface area (Å²) in [6.07, 6.45) is -7.10. The molecule has 0 spiro atoms. The number of carbonyl (C=O) groups excluding carboxylic acids is 1. The third kappa shape index (κ3) is 6.96. The average molecular weight is 502 g/mol. The topological polar surface area (TPSA) is 66.4 Å². The third-order valence-electron chi connectivity index (χ3n) is 5.33. The molecule has 1 aliphatic carbocycles. The zero-order valence-electron chi connectivity index (χ0n) is 17.0. The van der Waals surface area contributed by atoms with Crippen LogP contribution in [0.4, 0.5) is 36.4 Å². The van der Waals surface area contributed by atoms with E-state index in [-0.39, 0.29) is 11.5 Å². The molecule has 1 aliphatic rings. The van der Waals surface area contributed by atoms with Crippen molar-refractivity contribution in [3.8, 4) is 0 Å². The van der Waals surface area contributed by atoms with Gasteiger partial charge >= 0.3 is 18.3 Å². The number of benzene rings is 1. The van der Waals surface area contributed by atoms with Gasteiger partial charge in [-0.15, -0.1) is 0 Å². The molecule has 0 aliphatic heterocycles. The van der Waals surface area contributed by atoms with E-state index >= 15 is 0 Å². The van der Waals surface area contributed by atoms with Crippen LogP contribution < -0.4 is 5.32 Å². The normalized spacial score (nSPS) is 19.4. The SMILES string of the molecule is C[C@H]([C@H](C(=O)Nc1cc(C(CC(=O)O)C(F)(F)F)ccc1F)C1C=CC(Cl)=CC1)C(F)(F)F. The number of halogens is 8. The summed E-state index contributed by atoms with van der Waals surface area (Å²) in [7, 11) is 0. The van der Waals surface area contributed by atoms with Crippen LogP contribution in [-0.2, 0) is 9.59 Å². The fourth-order valence-electron chi connectivity index (χ4n) is 3.54. The summed E-state index contributed by atoms with van der Waals surface area (Å²) in [5, 5.41) is 11.0. The lowest BCUT2D eigenvalue weighted by atomic mass is 9.78. The van der Waals surface area contributed by atoms with Crippen molar-refractivity contribution < 1.29 is 45.4 Å². The summed E-state index contributed by atoms with van der Waals surface area (Å²) in [5.41, 5.74) is -1.45. The molecule has 0 radical (unpaired) electrons. The Hall–Kier alpha value is -2.56. The lowest BCUT2D eigenvalue weighted by Crippen LogP contribution is -2.40. The minimum Gasteiger partial charge on any atom is -0.481 e. The molecule has 1 amide bonds. The third-order valence-corrected chi connectivity index (χ3v) is 5.61. The van der Waals surface area contributed by atoms with Gasteiger partial charge in [0.15, 0.2) is 0 Å². The summed E-state index contributed by atoms with van der Waals surface area (Å²) in [6.45, 7) is 0.775. The van der Waals surface area contributed by atoms with Crippen molar-refractivity contribution >= 4 is 29.2 Å². The molecule has 0 fully saturated rings. The van der Waals surface area contributed by atoms with Gasteiger partial charge in [0.2, 0.25) is 5.91 Å². The van der Waals surface area contributed by atoms with Crippen molar-refractivity contribution in [1.82, 2.24) is 0 Å². The first-order valence-corrected chi connectivity index (χ1v) is 9.98. The summed E-state index contributed by atoms with van der Waals surface area (Å²) < 4.78 is 94.5. The van der Waals surface area contributed by atoms with Gasteiger partial charge in [-0.25, -0.2) is 4.39 Å². The van der Waals surface area contributed by atoms with Crippen molar-refractivity contribution in [1.29, 1.82) is 0 Å². The van der Waals surface area contributed by atoms with Gasteiger partial charge in [-0.3, -0.25) is 9.59 Å². The van der Waals surface area contributed by atoms with E-state index in [9.17, 15) is 40.3 Å². The van der Waals surface area contributed by atoms with E-state index in [1.54, 1.807) is 0 Å². The largest absolute Gasteiger partial charge is 0.481 e. The Bertz CT molecular complexity index is 956. The van der Waals surface area contributed by atoms with E-state index in [4.69, 9.17) is 16.7 Å². The number of allylic oxidation sites excluding steroid dienone is 4. The molecule has 2 rings (SSSR count). The zero-order chi connectivity index (χ0) is 25.1. The van der Waals surface area contributed by atoms with Gasteiger partial charge in [-0.2, -0.15) is 26.3 Å². The van der Waals surface area contributed by atoms with Gasteiger partial charge < -0.3 is 10.4 Å². The zero-order valence-corrected chi connectivity index (χ0v) is 17.7. The minimum atomic E-state index is -5.00. The summed E-state index contributed by atoms with van der Waals surface area (Å²) in [4.78, 5) is 23.7. The minimum absolute atomic E-state index is 0.00881. The van der Waals surface area contributed by atoms with Gasteiger partial charge in [0.05, 0.1) is 29.9 Å². The Morgan fingerprint density at radius 2 is 1.82 bits per heavy atom. The van der Waals surface area contributed by atoms with E-state index in [2.05, 4.69) is 0 Å². The van der Waals surface area contributed by atoms with Gasteiger partial charge in [0.25, 0.3) is 0 Å². The molecule has 2 unspecified atom stereocenters. The number of alkyl halides is 6. The van der Waals surface area contributed by atoms with Gasteiger partial charge in [-0.05, 0) is 36.1 Å². The van der Waals surface area contributed by atoms with Crippen molar-refractivity contribution in [3.05, 3.63) is 52.8 Å². The maximum absolute atomic E-state index is 14.3. The molecule has 182 valence electrons. The molecule has 0 heterocycles. The highest BCUT2D eigenvalue weighted by Crippen LogP contribution is 2.41. The molecule has 12 heteroatoms. The second-order valence-corrected chi connectivity index (χ2v) is 8.06. The van der Waals surface area contributed by atoms with Gasteiger partial charge in [-0.1, -0.05) is 36.7 Å². The second kappa shape index (κ2) is 10.1. The first kappa shape index (κ1) is 26.7. The first-order valence-electron chi connectivity index (χ1n) is 9.60. The monoisotopic (exact) mass is 501 g/mol. The molecular weight excluding hydrogens is 483 g/mol. The molecule has 2 N–H and O–H groups in total. The van der Waals surface area contributed by atoms with E-state index in [1.165, 1.54) is 18.2 Å². The lowest BCUT2D eigenvalue weighted by molar-refractivity contribution is -0.188. The van der Waals surface area contributed by atoms with Crippen LogP contribution in [-0.4, -0.2) is 29.3 Å². The fraction of sp³-hybridized carbons (Fsp3) is 0.429. The van der Waals surface area contributed by atoms with E-state index in [1.807, 2.05) is 5.32 Å². The van der Waals surface area contributed by atoms with Crippen molar-refractivity contribution in [3.63, 3.8) is 0 Å². The van der Waals surface area contributed by atoms with E-state index in [0.717, 1.165) is 6.92 Å². The molecule has 1 aromatic carbocycles. The standard InChI is InChI=1S/C21H19ClF7NO3/c1-10(20(24,25)26)18(11-2-5-13(22)6-3-11)19(33)30-16-8-12(4-7-15(16)23)14(9-17(31)32)21(27,28)29/h2,4-8,10-11,14,18H,3,9H2,1H3,(H,30,33)(H,31,32)/t10-,11?,14?,18+/m1/s1. The maximum atomic E-state index is 14.3. The van der Waals surface area contributed by atoms with E-state index < -0.39 is 71.4 Å². The Morgan fingerprint density at radius 1 is 1.18 bits per heavy atom. The second-order valence-electron chi connectivity index (χ2n) is 7.62. The van der Waals surface area contributed by atoms with E-state index in [0.29, 0.717) is 18.2 Å². The first-order chi connectivity index (χ1) is 15.1. The number of carbonyl (C=O) groups is 2. The number of aliphatic carboxylic acids is 1. The number of amides is 1. The number of carboxylic acids is 1. The number of carboxylic acid groups (broad SMARTS) is 1. The predicted molar refractivity (Wildman–Crippen MR) is 106 cm³/mol. The Labute approximate surface area is 189 Å². The molecule has 33 heavy (non-hydrogen) atoms. The number of hydrogen-bond acceptors (Lipinski definition) is 2. The quantitative estimate of drug-likeness (QED) is 0.425. The van der Waals surface area contributed by atoms with Crippen LogP contribution in [0.25, 0.3) is 0 Å². The molecule has 4 nitrogen and oxygen atoms in total. The van der Waals surface area contributed by atoms with Crippen molar-refractivity contribution in [2.24, 2.45) is 17.8 Å². The van der Waals surface area contributed by atoms with Crippen molar-refractivity contribution in [2.45, 2.75) is 38.0 Å². The van der Waals surface area contributed by atoms with Crippen LogP contribution in [0.2, 0.25) is 0 Å². The van der Waals surface area contributed by atoms with Crippen LogP contribution in [0.15, 0.2) is 41.5 Å². The number of anilines is 1. The van der Waals surface area contributed by atoms with Gasteiger partial charge in [0.1, 0.15) is 5.82 Å². The van der Waals surface area contributed by atoms with Crippen molar-refractivity contribution in [2.75, 3.05) is 5.32 Å². The summed E-state index contributed by atoms with van der Waals surface area (Å²) in [6, 6.07) is 1.87. The number of nitrogens with one attached hydrogen (secondary N) is 1. The molecule has 4 atom stereocenters. The van der Waals surface area contributed by atoms with Gasteiger partial charge in [0, 0.05) is 5.03 Å². The smallest absolute Gasteiger partial charge is 0.396 e. The Balaban J connectivity index is 2.40. The van der Waals surface area contributed by atoms with Crippen LogP contribution in [0.5, 0.6) is 0 Å². The maximum Gasteiger partial charge on any atom is 0.396 e.